The van der Waals surface area contributed by atoms with Gasteiger partial charge in [0.05, 0.1) is 12.1 Å². The van der Waals surface area contributed by atoms with Gasteiger partial charge in [-0.2, -0.15) is 0 Å². The van der Waals surface area contributed by atoms with E-state index in [1.807, 2.05) is 30.5 Å². The predicted octanol–water partition coefficient (Wildman–Crippen LogP) is 0.994. The molecule has 0 aliphatic carbocycles. The fraction of sp³-hybridized carbons (Fsp3) is 0.364. The average molecular weight is 218 g/mol. The monoisotopic (exact) mass is 218 g/mol. The van der Waals surface area contributed by atoms with Gasteiger partial charge in [-0.25, -0.2) is 0 Å². The molecule has 0 spiro atoms. The number of hydrogen-bond donors (Lipinski definition) is 1. The molecule has 0 bridgehead atoms. The summed E-state index contributed by atoms with van der Waals surface area (Å²) >= 11 is 0. The van der Waals surface area contributed by atoms with Gasteiger partial charge in [0.25, 0.3) is 0 Å². The highest BCUT2D eigenvalue weighted by Gasteiger charge is 2.14. The second-order valence-corrected chi connectivity index (χ2v) is 3.96. The van der Waals surface area contributed by atoms with E-state index in [0.717, 1.165) is 5.82 Å². The summed E-state index contributed by atoms with van der Waals surface area (Å²) in [4.78, 5) is 11.6. The van der Waals surface area contributed by atoms with Crippen LogP contribution in [0.15, 0.2) is 18.3 Å². The molecule has 0 aliphatic heterocycles. The van der Waals surface area contributed by atoms with E-state index in [-0.39, 0.29) is 18.2 Å². The van der Waals surface area contributed by atoms with E-state index >= 15 is 0 Å². The number of carbonyl (C=O) groups is 1. The maximum absolute atomic E-state index is 11.6. The molecular formula is C11H14N4O. The minimum absolute atomic E-state index is 0.0104. The van der Waals surface area contributed by atoms with E-state index in [2.05, 4.69) is 10.2 Å². The van der Waals surface area contributed by atoms with Crippen molar-refractivity contribution in [2.75, 3.05) is 6.54 Å². The summed E-state index contributed by atoms with van der Waals surface area (Å²) in [6.45, 7) is 4.06. The van der Waals surface area contributed by atoms with Gasteiger partial charge in [0, 0.05) is 12.1 Å². The van der Waals surface area contributed by atoms with Crippen molar-refractivity contribution in [2.24, 2.45) is 5.73 Å². The van der Waals surface area contributed by atoms with Crippen molar-refractivity contribution in [1.82, 2.24) is 14.6 Å². The van der Waals surface area contributed by atoms with Crippen molar-refractivity contribution in [3.05, 3.63) is 29.7 Å². The largest absolute Gasteiger partial charge is 0.324 e. The highest BCUT2D eigenvalue weighted by atomic mass is 16.1. The zero-order chi connectivity index (χ0) is 11.7. The van der Waals surface area contributed by atoms with Crippen LogP contribution in [0.3, 0.4) is 0 Å². The van der Waals surface area contributed by atoms with Crippen molar-refractivity contribution in [3.8, 4) is 0 Å². The molecule has 2 aromatic heterocycles. The summed E-state index contributed by atoms with van der Waals surface area (Å²) < 4.78 is 1.84. The molecule has 2 rings (SSSR count). The zero-order valence-electron chi connectivity index (χ0n) is 9.34. The van der Waals surface area contributed by atoms with E-state index in [4.69, 9.17) is 5.73 Å². The second kappa shape index (κ2) is 4.02. The van der Waals surface area contributed by atoms with Crippen molar-refractivity contribution in [1.29, 1.82) is 0 Å². The molecule has 84 valence electrons. The molecule has 2 heterocycles. The second-order valence-electron chi connectivity index (χ2n) is 3.96. The van der Waals surface area contributed by atoms with Gasteiger partial charge in [-0.05, 0) is 12.1 Å². The maximum atomic E-state index is 11.6. The summed E-state index contributed by atoms with van der Waals surface area (Å²) in [5, 5.41) is 8.14. The first-order valence-corrected chi connectivity index (χ1v) is 5.22. The molecule has 2 aromatic rings. The Hall–Kier alpha value is -1.75. The molecule has 0 aliphatic rings. The Morgan fingerprint density at radius 1 is 1.50 bits per heavy atom. The first-order valence-electron chi connectivity index (χ1n) is 5.22. The van der Waals surface area contributed by atoms with E-state index < -0.39 is 0 Å². The summed E-state index contributed by atoms with van der Waals surface area (Å²) in [6, 6.07) is 3.54. The lowest BCUT2D eigenvalue weighted by Gasteiger charge is -2.04. The Kier molecular flexibility index (Phi) is 2.70. The van der Waals surface area contributed by atoms with Gasteiger partial charge >= 0.3 is 0 Å². The molecule has 5 nitrogen and oxygen atoms in total. The number of ketones is 1. The van der Waals surface area contributed by atoms with Crippen molar-refractivity contribution < 1.29 is 4.79 Å². The molecular weight excluding hydrogens is 204 g/mol. The minimum atomic E-state index is -0.117. The van der Waals surface area contributed by atoms with Crippen LogP contribution in [-0.4, -0.2) is 26.9 Å². The summed E-state index contributed by atoms with van der Waals surface area (Å²) in [6.07, 6.45) is 1.86. The highest BCUT2D eigenvalue weighted by molar-refractivity contribution is 6.02. The van der Waals surface area contributed by atoms with E-state index in [0.29, 0.717) is 11.2 Å². The number of nitrogens with zero attached hydrogens (tertiary/aromatic N) is 3. The first-order chi connectivity index (χ1) is 7.65. The first kappa shape index (κ1) is 10.8. The van der Waals surface area contributed by atoms with Crippen molar-refractivity contribution >= 4 is 11.4 Å². The lowest BCUT2D eigenvalue weighted by atomic mass is 10.1. The predicted molar refractivity (Wildman–Crippen MR) is 60.5 cm³/mol. The Morgan fingerprint density at radius 2 is 2.25 bits per heavy atom. The van der Waals surface area contributed by atoms with Crippen LogP contribution in [-0.2, 0) is 0 Å². The fourth-order valence-corrected chi connectivity index (χ4v) is 1.66. The van der Waals surface area contributed by atoms with Crippen LogP contribution in [0.1, 0.15) is 35.9 Å². The third-order valence-electron chi connectivity index (χ3n) is 2.46. The molecule has 16 heavy (non-hydrogen) atoms. The smallest absolute Gasteiger partial charge is 0.180 e. The van der Waals surface area contributed by atoms with Crippen LogP contribution in [0.2, 0.25) is 0 Å². The number of Topliss-reactive ketones (excluding diaryl/α,β-unsaturated/α-hetero) is 1. The molecule has 0 aromatic carbocycles. The van der Waals surface area contributed by atoms with Gasteiger partial charge in [0.2, 0.25) is 0 Å². The van der Waals surface area contributed by atoms with Crippen LogP contribution in [0, 0.1) is 0 Å². The van der Waals surface area contributed by atoms with Gasteiger partial charge in [-0.1, -0.05) is 13.8 Å². The lowest BCUT2D eigenvalue weighted by molar-refractivity contribution is 0.100. The number of rotatable bonds is 3. The molecule has 0 amide bonds. The van der Waals surface area contributed by atoms with Gasteiger partial charge in [-0.15, -0.1) is 10.2 Å². The number of pyridine rings is 1. The standard InChI is InChI=1S/C11H14N4O/c1-7(2)10-13-14-11-8(9(16)6-12)4-3-5-15(10)11/h3-5,7H,6,12H2,1-2H3. The topological polar surface area (TPSA) is 73.3 Å². The maximum Gasteiger partial charge on any atom is 0.180 e. The number of nitrogens with two attached hydrogens (primary N) is 1. The van der Waals surface area contributed by atoms with Crippen LogP contribution < -0.4 is 5.73 Å². The third-order valence-corrected chi connectivity index (χ3v) is 2.46. The average Bonchev–Trinajstić information content (AvgIpc) is 2.71. The number of carbonyl (C=O) groups excluding carboxylic acids is 1. The number of aromatic nitrogens is 3. The van der Waals surface area contributed by atoms with Gasteiger partial charge < -0.3 is 5.73 Å². The zero-order valence-corrected chi connectivity index (χ0v) is 9.34. The van der Waals surface area contributed by atoms with Gasteiger partial charge in [-0.3, -0.25) is 9.20 Å². The Bertz CT molecular complexity index is 530. The summed E-state index contributed by atoms with van der Waals surface area (Å²) in [7, 11) is 0. The molecule has 2 N–H and O–H groups in total. The molecule has 0 radical (unpaired) electrons. The van der Waals surface area contributed by atoms with Gasteiger partial charge in [0.15, 0.2) is 11.4 Å². The fourth-order valence-electron chi connectivity index (χ4n) is 1.66. The number of fused-ring (bicyclic) bond motifs is 1. The van der Waals surface area contributed by atoms with E-state index in [1.54, 1.807) is 6.07 Å². The Morgan fingerprint density at radius 3 is 2.88 bits per heavy atom. The molecule has 5 heteroatoms. The highest BCUT2D eigenvalue weighted by Crippen LogP contribution is 2.16. The van der Waals surface area contributed by atoms with Crippen molar-refractivity contribution in [3.63, 3.8) is 0 Å². The van der Waals surface area contributed by atoms with E-state index in [1.165, 1.54) is 0 Å². The van der Waals surface area contributed by atoms with Crippen molar-refractivity contribution in [2.45, 2.75) is 19.8 Å². The van der Waals surface area contributed by atoms with Crippen LogP contribution in [0.4, 0.5) is 0 Å². The SMILES string of the molecule is CC(C)c1nnc2c(C(=O)CN)cccn12. The molecule has 0 fully saturated rings. The quantitative estimate of drug-likeness (QED) is 0.780. The Balaban J connectivity index is 2.66. The molecule has 0 atom stereocenters. The third kappa shape index (κ3) is 1.59. The van der Waals surface area contributed by atoms with Gasteiger partial charge in [0.1, 0.15) is 5.82 Å². The minimum Gasteiger partial charge on any atom is -0.324 e. The number of hydrogen-bond acceptors (Lipinski definition) is 4. The lowest BCUT2D eigenvalue weighted by Crippen LogP contribution is -2.14. The molecule has 0 unspecified atom stereocenters. The van der Waals surface area contributed by atoms with Crippen LogP contribution in [0.25, 0.3) is 5.65 Å². The van der Waals surface area contributed by atoms with Crippen LogP contribution >= 0.6 is 0 Å². The van der Waals surface area contributed by atoms with Crippen LogP contribution in [0.5, 0.6) is 0 Å². The van der Waals surface area contributed by atoms with E-state index in [9.17, 15) is 4.79 Å². The normalized spacial score (nSPS) is 11.2. The molecule has 0 saturated heterocycles. The Labute approximate surface area is 93.3 Å². The summed E-state index contributed by atoms with van der Waals surface area (Å²) in [5.41, 5.74) is 6.47. The molecule has 0 saturated carbocycles. The summed E-state index contributed by atoms with van der Waals surface area (Å²) in [5.74, 6) is 0.994.